The van der Waals surface area contributed by atoms with Gasteiger partial charge in [-0.15, -0.1) is 0 Å². The van der Waals surface area contributed by atoms with E-state index in [9.17, 15) is 5.11 Å². The van der Waals surface area contributed by atoms with Crippen LogP contribution in [0.4, 0.5) is 0 Å². The van der Waals surface area contributed by atoms with Crippen LogP contribution in [0.5, 0.6) is 23.0 Å². The highest BCUT2D eigenvalue weighted by Crippen LogP contribution is 2.27. The van der Waals surface area contributed by atoms with Crippen molar-refractivity contribution in [3.63, 3.8) is 0 Å². The Morgan fingerprint density at radius 3 is 2.23 bits per heavy atom. The van der Waals surface area contributed by atoms with E-state index in [2.05, 4.69) is 5.32 Å². The third-order valence-corrected chi connectivity index (χ3v) is 3.92. The Morgan fingerprint density at radius 1 is 0.885 bits per heavy atom. The van der Waals surface area contributed by atoms with Crippen molar-refractivity contribution in [2.24, 2.45) is 0 Å². The van der Waals surface area contributed by atoms with Crippen LogP contribution in [-0.2, 0) is 6.42 Å². The van der Waals surface area contributed by atoms with Gasteiger partial charge in [-0.25, -0.2) is 0 Å². The van der Waals surface area contributed by atoms with Gasteiger partial charge in [0.25, 0.3) is 0 Å². The lowest BCUT2D eigenvalue weighted by molar-refractivity contribution is 0.105. The molecule has 0 fully saturated rings. The molecule has 0 bridgehead atoms. The summed E-state index contributed by atoms with van der Waals surface area (Å²) in [4.78, 5) is 0. The van der Waals surface area contributed by atoms with E-state index in [1.165, 1.54) is 0 Å². The van der Waals surface area contributed by atoms with E-state index in [4.69, 9.17) is 18.9 Å². The first-order chi connectivity index (χ1) is 12.7. The summed E-state index contributed by atoms with van der Waals surface area (Å²) >= 11 is 0. The van der Waals surface area contributed by atoms with Crippen LogP contribution >= 0.6 is 0 Å². The number of aliphatic hydroxyl groups is 1. The van der Waals surface area contributed by atoms with Crippen LogP contribution < -0.4 is 24.3 Å². The molecule has 0 spiro atoms. The van der Waals surface area contributed by atoms with E-state index < -0.39 is 6.10 Å². The minimum absolute atomic E-state index is 0.198. The zero-order chi connectivity index (χ0) is 18.8. The van der Waals surface area contributed by atoms with Crippen molar-refractivity contribution in [3.05, 3.63) is 48.0 Å². The Balaban J connectivity index is 1.71. The van der Waals surface area contributed by atoms with Gasteiger partial charge in [0, 0.05) is 6.54 Å². The van der Waals surface area contributed by atoms with Gasteiger partial charge >= 0.3 is 0 Å². The van der Waals surface area contributed by atoms with Crippen LogP contribution in [0.25, 0.3) is 0 Å². The average Bonchev–Trinajstić information content (AvgIpc) is 2.69. The molecule has 0 aliphatic heterocycles. The topological polar surface area (TPSA) is 69.2 Å². The van der Waals surface area contributed by atoms with Crippen molar-refractivity contribution >= 4 is 0 Å². The smallest absolute Gasteiger partial charge is 0.161 e. The van der Waals surface area contributed by atoms with Crippen LogP contribution in [0.15, 0.2) is 42.5 Å². The van der Waals surface area contributed by atoms with Crippen molar-refractivity contribution in [1.82, 2.24) is 5.32 Å². The predicted molar refractivity (Wildman–Crippen MR) is 101 cm³/mol. The zero-order valence-electron chi connectivity index (χ0n) is 15.5. The van der Waals surface area contributed by atoms with Crippen LogP contribution in [-0.4, -0.2) is 52.2 Å². The Morgan fingerprint density at radius 2 is 1.54 bits per heavy atom. The fraction of sp³-hybridized carbons (Fsp3) is 0.400. The standard InChI is InChI=1S/C20H27NO5/c1-23-17-6-4-5-7-19(17)26-14-16(22)13-21-11-10-15-8-9-18(24-2)20(12-15)25-3/h4-9,12,16,21-22H,10-11,13-14H2,1-3H3. The predicted octanol–water partition coefficient (Wildman–Crippen LogP) is 2.28. The van der Waals surface area contributed by atoms with Gasteiger partial charge in [-0.1, -0.05) is 18.2 Å². The van der Waals surface area contributed by atoms with E-state index in [0.717, 1.165) is 24.3 Å². The molecule has 6 nitrogen and oxygen atoms in total. The second kappa shape index (κ2) is 10.5. The normalized spacial score (nSPS) is 11.7. The molecule has 0 aliphatic carbocycles. The van der Waals surface area contributed by atoms with Gasteiger partial charge in [0.15, 0.2) is 23.0 Å². The maximum Gasteiger partial charge on any atom is 0.161 e. The quantitative estimate of drug-likeness (QED) is 0.599. The Labute approximate surface area is 154 Å². The molecule has 0 amide bonds. The first-order valence-electron chi connectivity index (χ1n) is 8.53. The lowest BCUT2D eigenvalue weighted by Gasteiger charge is -2.15. The van der Waals surface area contributed by atoms with E-state index in [1.807, 2.05) is 42.5 Å². The molecule has 6 heteroatoms. The molecule has 2 aromatic rings. The first-order valence-corrected chi connectivity index (χ1v) is 8.53. The molecule has 0 radical (unpaired) electrons. The molecule has 0 heterocycles. The van der Waals surface area contributed by atoms with Gasteiger partial charge in [-0.3, -0.25) is 0 Å². The highest BCUT2D eigenvalue weighted by Gasteiger charge is 2.08. The molecule has 142 valence electrons. The van der Waals surface area contributed by atoms with Crippen LogP contribution in [0.3, 0.4) is 0 Å². The molecule has 2 aromatic carbocycles. The molecule has 26 heavy (non-hydrogen) atoms. The van der Waals surface area contributed by atoms with Crippen molar-refractivity contribution in [3.8, 4) is 23.0 Å². The van der Waals surface area contributed by atoms with E-state index in [1.54, 1.807) is 21.3 Å². The number of rotatable bonds is 11. The summed E-state index contributed by atoms with van der Waals surface area (Å²) in [6.45, 7) is 1.38. The van der Waals surface area contributed by atoms with E-state index in [-0.39, 0.29) is 6.61 Å². The number of hydrogen-bond donors (Lipinski definition) is 2. The molecule has 2 N–H and O–H groups in total. The number of aliphatic hydroxyl groups excluding tert-OH is 1. The molecule has 1 atom stereocenters. The van der Waals surface area contributed by atoms with Crippen molar-refractivity contribution < 1.29 is 24.1 Å². The molecule has 0 saturated carbocycles. The van der Waals surface area contributed by atoms with Crippen molar-refractivity contribution in [2.45, 2.75) is 12.5 Å². The summed E-state index contributed by atoms with van der Waals surface area (Å²) in [6, 6.07) is 13.2. The molecule has 0 aliphatic rings. The molecule has 1 unspecified atom stereocenters. The Hall–Kier alpha value is -2.44. The SMILES string of the molecule is COc1ccc(CCNCC(O)COc2ccccc2OC)cc1OC. The minimum Gasteiger partial charge on any atom is -0.493 e. The molecular formula is C20H27NO5. The van der Waals surface area contributed by atoms with Gasteiger partial charge in [0.2, 0.25) is 0 Å². The maximum atomic E-state index is 10.1. The molecule has 2 rings (SSSR count). The first kappa shape index (κ1) is 19.9. The number of ether oxygens (including phenoxy) is 4. The zero-order valence-corrected chi connectivity index (χ0v) is 15.5. The lowest BCUT2D eigenvalue weighted by Crippen LogP contribution is -2.32. The number of methoxy groups -OCH3 is 3. The van der Waals surface area contributed by atoms with Gasteiger partial charge in [0.05, 0.1) is 21.3 Å². The van der Waals surface area contributed by atoms with Crippen LogP contribution in [0.2, 0.25) is 0 Å². The third kappa shape index (κ3) is 5.82. The number of hydrogen-bond acceptors (Lipinski definition) is 6. The second-order valence-electron chi connectivity index (χ2n) is 5.76. The number of para-hydroxylation sites is 2. The minimum atomic E-state index is -0.606. The molecule has 0 aromatic heterocycles. The highest BCUT2D eigenvalue weighted by molar-refractivity contribution is 5.43. The van der Waals surface area contributed by atoms with Gasteiger partial charge < -0.3 is 29.4 Å². The van der Waals surface area contributed by atoms with Gasteiger partial charge in [0.1, 0.15) is 12.7 Å². The molecular weight excluding hydrogens is 334 g/mol. The van der Waals surface area contributed by atoms with E-state index >= 15 is 0 Å². The summed E-state index contributed by atoms with van der Waals surface area (Å²) in [7, 11) is 4.83. The summed E-state index contributed by atoms with van der Waals surface area (Å²) < 4.78 is 21.4. The Kier molecular flexibility index (Phi) is 8.05. The van der Waals surface area contributed by atoms with E-state index in [0.29, 0.717) is 23.8 Å². The van der Waals surface area contributed by atoms with Gasteiger partial charge in [-0.2, -0.15) is 0 Å². The van der Waals surface area contributed by atoms with Crippen LogP contribution in [0, 0.1) is 0 Å². The third-order valence-electron chi connectivity index (χ3n) is 3.92. The number of benzene rings is 2. The Bertz CT molecular complexity index is 677. The summed E-state index contributed by atoms with van der Waals surface area (Å²) in [5.74, 6) is 2.71. The lowest BCUT2D eigenvalue weighted by atomic mass is 10.1. The fourth-order valence-electron chi connectivity index (χ4n) is 2.52. The highest BCUT2D eigenvalue weighted by atomic mass is 16.5. The van der Waals surface area contributed by atoms with Crippen molar-refractivity contribution in [2.75, 3.05) is 41.0 Å². The largest absolute Gasteiger partial charge is 0.493 e. The van der Waals surface area contributed by atoms with Crippen molar-refractivity contribution in [1.29, 1.82) is 0 Å². The molecule has 0 saturated heterocycles. The monoisotopic (exact) mass is 361 g/mol. The fourth-order valence-corrected chi connectivity index (χ4v) is 2.52. The summed E-state index contributed by atoms with van der Waals surface area (Å²) in [5, 5.41) is 13.3. The summed E-state index contributed by atoms with van der Waals surface area (Å²) in [5.41, 5.74) is 1.13. The van der Waals surface area contributed by atoms with Gasteiger partial charge in [-0.05, 0) is 42.8 Å². The second-order valence-corrected chi connectivity index (χ2v) is 5.76. The maximum absolute atomic E-state index is 10.1. The number of nitrogens with one attached hydrogen (secondary N) is 1. The van der Waals surface area contributed by atoms with Crippen LogP contribution in [0.1, 0.15) is 5.56 Å². The average molecular weight is 361 g/mol. The summed E-state index contributed by atoms with van der Waals surface area (Å²) in [6.07, 6.45) is 0.214.